The first kappa shape index (κ1) is 13.7. The van der Waals surface area contributed by atoms with Crippen LogP contribution in [0.3, 0.4) is 0 Å². The fourth-order valence-corrected chi connectivity index (χ4v) is 2.88. The molecule has 0 spiro atoms. The van der Waals surface area contributed by atoms with Crippen LogP contribution in [0.1, 0.15) is 18.4 Å². The lowest BCUT2D eigenvalue weighted by Crippen LogP contribution is -2.34. The van der Waals surface area contributed by atoms with Gasteiger partial charge in [-0.2, -0.15) is 0 Å². The summed E-state index contributed by atoms with van der Waals surface area (Å²) in [6.07, 6.45) is 5.42. The molecular formula is C16H17NO4. The van der Waals surface area contributed by atoms with Crippen molar-refractivity contribution in [3.8, 4) is 5.75 Å². The van der Waals surface area contributed by atoms with Crippen LogP contribution in [0.15, 0.2) is 30.4 Å². The molecule has 2 atom stereocenters. The molecule has 0 saturated heterocycles. The van der Waals surface area contributed by atoms with Crippen molar-refractivity contribution in [2.45, 2.75) is 19.3 Å². The van der Waals surface area contributed by atoms with Gasteiger partial charge < -0.3 is 15.2 Å². The summed E-state index contributed by atoms with van der Waals surface area (Å²) in [6, 6.07) is 5.53. The number of hydrogen-bond acceptors (Lipinski definition) is 3. The van der Waals surface area contributed by atoms with Gasteiger partial charge in [0.15, 0.2) is 0 Å². The van der Waals surface area contributed by atoms with E-state index in [0.29, 0.717) is 25.1 Å². The maximum Gasteiger partial charge on any atom is 0.307 e. The van der Waals surface area contributed by atoms with Gasteiger partial charge in [-0.05, 0) is 36.6 Å². The van der Waals surface area contributed by atoms with Crippen molar-refractivity contribution in [2.24, 2.45) is 11.8 Å². The van der Waals surface area contributed by atoms with Crippen LogP contribution in [0.4, 0.5) is 5.69 Å². The van der Waals surface area contributed by atoms with Crippen LogP contribution in [0.25, 0.3) is 0 Å². The van der Waals surface area contributed by atoms with Crippen LogP contribution in [-0.2, 0) is 16.0 Å². The number of ether oxygens (including phenoxy) is 1. The van der Waals surface area contributed by atoms with E-state index in [1.165, 1.54) is 0 Å². The van der Waals surface area contributed by atoms with Crippen LogP contribution >= 0.6 is 0 Å². The zero-order valence-corrected chi connectivity index (χ0v) is 11.5. The maximum absolute atomic E-state index is 12.3. The van der Waals surface area contributed by atoms with E-state index >= 15 is 0 Å². The predicted octanol–water partition coefficient (Wildman–Crippen LogP) is 2.23. The Hall–Kier alpha value is -2.30. The lowest BCUT2D eigenvalue weighted by Gasteiger charge is -2.24. The van der Waals surface area contributed by atoms with Gasteiger partial charge in [0.25, 0.3) is 0 Å². The highest BCUT2D eigenvalue weighted by Gasteiger charge is 2.34. The summed E-state index contributed by atoms with van der Waals surface area (Å²) in [5.74, 6) is -1.45. The molecule has 1 heterocycles. The molecule has 0 unspecified atom stereocenters. The highest BCUT2D eigenvalue weighted by molar-refractivity contribution is 5.95. The molecule has 21 heavy (non-hydrogen) atoms. The average molecular weight is 287 g/mol. The van der Waals surface area contributed by atoms with Gasteiger partial charge in [-0.1, -0.05) is 12.2 Å². The average Bonchev–Trinajstić information content (AvgIpc) is 2.94. The molecule has 1 aliphatic carbocycles. The minimum Gasteiger partial charge on any atom is -0.493 e. The van der Waals surface area contributed by atoms with E-state index in [1.807, 2.05) is 24.3 Å². The third-order valence-corrected chi connectivity index (χ3v) is 4.04. The minimum absolute atomic E-state index is 0.231. The van der Waals surface area contributed by atoms with Gasteiger partial charge >= 0.3 is 5.97 Å². The maximum atomic E-state index is 12.3. The first-order chi connectivity index (χ1) is 10.1. The van der Waals surface area contributed by atoms with Crippen molar-refractivity contribution >= 4 is 17.6 Å². The number of benzene rings is 1. The normalized spacial score (nSPS) is 23.2. The number of carbonyl (C=O) groups excluding carboxylic acids is 1. The zero-order chi connectivity index (χ0) is 14.8. The minimum atomic E-state index is -0.915. The van der Waals surface area contributed by atoms with Gasteiger partial charge in [0.05, 0.1) is 18.4 Å². The van der Waals surface area contributed by atoms with Gasteiger partial charge in [-0.15, -0.1) is 0 Å². The van der Waals surface area contributed by atoms with E-state index in [2.05, 4.69) is 5.32 Å². The summed E-state index contributed by atoms with van der Waals surface area (Å²) in [4.78, 5) is 23.6. The van der Waals surface area contributed by atoms with E-state index in [0.717, 1.165) is 17.7 Å². The third-order valence-electron chi connectivity index (χ3n) is 4.04. The number of hydrogen-bond donors (Lipinski definition) is 2. The van der Waals surface area contributed by atoms with Crippen LogP contribution in [-0.4, -0.2) is 23.6 Å². The fraction of sp³-hybridized carbons (Fsp3) is 0.375. The summed E-state index contributed by atoms with van der Waals surface area (Å²) < 4.78 is 5.42. The second kappa shape index (κ2) is 5.60. The molecule has 0 saturated carbocycles. The predicted molar refractivity (Wildman–Crippen MR) is 77.3 cm³/mol. The number of amides is 1. The second-order valence-electron chi connectivity index (χ2n) is 5.40. The van der Waals surface area contributed by atoms with Gasteiger partial charge in [-0.3, -0.25) is 9.59 Å². The van der Waals surface area contributed by atoms with Gasteiger partial charge in [0, 0.05) is 12.1 Å². The fourth-order valence-electron chi connectivity index (χ4n) is 2.88. The Balaban J connectivity index is 1.73. The molecule has 5 nitrogen and oxygen atoms in total. The number of allylic oxidation sites excluding steroid dienone is 2. The van der Waals surface area contributed by atoms with Crippen LogP contribution in [0.5, 0.6) is 5.75 Å². The lowest BCUT2D eigenvalue weighted by atomic mass is 9.82. The lowest BCUT2D eigenvalue weighted by molar-refractivity contribution is -0.146. The number of nitrogens with one attached hydrogen (secondary N) is 1. The number of carboxylic acids is 1. The van der Waals surface area contributed by atoms with E-state index in [9.17, 15) is 14.7 Å². The molecule has 0 aromatic heterocycles. The molecule has 1 aromatic carbocycles. The van der Waals surface area contributed by atoms with Crippen molar-refractivity contribution in [2.75, 3.05) is 11.9 Å². The Kier molecular flexibility index (Phi) is 3.64. The van der Waals surface area contributed by atoms with Crippen molar-refractivity contribution in [1.29, 1.82) is 0 Å². The zero-order valence-electron chi connectivity index (χ0n) is 11.5. The third kappa shape index (κ3) is 2.77. The summed E-state index contributed by atoms with van der Waals surface area (Å²) in [5, 5.41) is 12.1. The second-order valence-corrected chi connectivity index (χ2v) is 5.40. The molecule has 1 aromatic rings. The number of carbonyl (C=O) groups is 2. The summed E-state index contributed by atoms with van der Waals surface area (Å²) in [6.45, 7) is 0.668. The van der Waals surface area contributed by atoms with Gasteiger partial charge in [-0.25, -0.2) is 0 Å². The first-order valence-electron chi connectivity index (χ1n) is 7.09. The Bertz CT molecular complexity index is 608. The number of rotatable bonds is 3. The number of carboxylic acid groups (broad SMARTS) is 1. The van der Waals surface area contributed by atoms with Crippen LogP contribution in [0.2, 0.25) is 0 Å². The molecular weight excluding hydrogens is 270 g/mol. The number of aliphatic carboxylic acids is 1. The number of fused-ring (bicyclic) bond motifs is 1. The molecule has 1 aliphatic heterocycles. The highest BCUT2D eigenvalue weighted by atomic mass is 16.5. The van der Waals surface area contributed by atoms with Gasteiger partial charge in [0.2, 0.25) is 5.91 Å². The smallest absolute Gasteiger partial charge is 0.307 e. The van der Waals surface area contributed by atoms with E-state index < -0.39 is 17.8 Å². The Morgan fingerprint density at radius 3 is 2.71 bits per heavy atom. The molecule has 0 fully saturated rings. The van der Waals surface area contributed by atoms with Gasteiger partial charge in [0.1, 0.15) is 5.75 Å². The monoisotopic (exact) mass is 287 g/mol. The molecule has 3 rings (SSSR count). The van der Waals surface area contributed by atoms with Crippen LogP contribution < -0.4 is 10.1 Å². The first-order valence-corrected chi connectivity index (χ1v) is 7.09. The van der Waals surface area contributed by atoms with E-state index in [1.54, 1.807) is 6.07 Å². The molecule has 110 valence electrons. The molecule has 1 amide bonds. The van der Waals surface area contributed by atoms with E-state index in [-0.39, 0.29) is 5.91 Å². The highest BCUT2D eigenvalue weighted by Crippen LogP contribution is 2.30. The topological polar surface area (TPSA) is 75.6 Å². The van der Waals surface area contributed by atoms with Crippen molar-refractivity contribution < 1.29 is 19.4 Å². The molecule has 0 radical (unpaired) electrons. The SMILES string of the molecule is O=C(O)[C@H]1CC=CC[C@H]1C(=O)Nc1ccc2c(c1)CCO2. The standard InChI is InChI=1S/C16H17NO4/c18-15(12-3-1-2-4-13(12)16(19)20)17-11-5-6-14-10(9-11)7-8-21-14/h1-2,5-6,9,12-13H,3-4,7-8H2,(H,17,18)(H,19,20)/t12-,13+/m1/s1. The summed E-state index contributed by atoms with van der Waals surface area (Å²) in [7, 11) is 0. The quantitative estimate of drug-likeness (QED) is 0.836. The Morgan fingerprint density at radius 1 is 1.19 bits per heavy atom. The Labute approximate surface area is 122 Å². The largest absolute Gasteiger partial charge is 0.493 e. The Morgan fingerprint density at radius 2 is 1.95 bits per heavy atom. The summed E-state index contributed by atoms with van der Waals surface area (Å²) in [5.41, 5.74) is 1.77. The molecule has 5 heteroatoms. The molecule has 2 aliphatic rings. The summed E-state index contributed by atoms with van der Waals surface area (Å²) >= 11 is 0. The van der Waals surface area contributed by atoms with E-state index in [4.69, 9.17) is 4.74 Å². The molecule has 2 N–H and O–H groups in total. The van der Waals surface area contributed by atoms with Crippen LogP contribution in [0, 0.1) is 11.8 Å². The van der Waals surface area contributed by atoms with Crippen molar-refractivity contribution in [1.82, 2.24) is 0 Å². The molecule has 0 bridgehead atoms. The van der Waals surface area contributed by atoms with Crippen molar-refractivity contribution in [3.63, 3.8) is 0 Å². The number of anilines is 1. The van der Waals surface area contributed by atoms with Crippen molar-refractivity contribution in [3.05, 3.63) is 35.9 Å².